The normalized spacial score (nSPS) is 18.6. The van der Waals surface area contributed by atoms with Crippen LogP contribution >= 0.6 is 0 Å². The Bertz CT molecular complexity index is 1870. The van der Waals surface area contributed by atoms with Gasteiger partial charge in [0.25, 0.3) is 0 Å². The molecular weight excluding hydrogens is 1020 g/mol. The molecule has 6 atom stereocenters. The highest BCUT2D eigenvalue weighted by atomic mass is 16.7. The van der Waals surface area contributed by atoms with E-state index in [0.717, 1.165) is 77.0 Å². The van der Waals surface area contributed by atoms with Crippen LogP contribution in [0.5, 0.6) is 0 Å². The summed E-state index contributed by atoms with van der Waals surface area (Å²) < 4.78 is 28.3. The lowest BCUT2D eigenvalue weighted by atomic mass is 9.98. The van der Waals surface area contributed by atoms with Crippen molar-refractivity contribution in [3.8, 4) is 0 Å². The van der Waals surface area contributed by atoms with E-state index in [-0.39, 0.29) is 25.9 Å². The predicted molar refractivity (Wildman–Crippen MR) is 330 cm³/mol. The molecule has 0 saturated carbocycles. The smallest absolute Gasteiger partial charge is 0.335 e. The Balaban J connectivity index is 2.74. The summed E-state index contributed by atoms with van der Waals surface area (Å²) in [5.74, 6) is -3.37. The van der Waals surface area contributed by atoms with Gasteiger partial charge < -0.3 is 39.0 Å². The van der Waals surface area contributed by atoms with Crippen LogP contribution in [0, 0.1) is 0 Å². The number of carboxylic acid groups (broad SMARTS) is 1. The van der Waals surface area contributed by atoms with Crippen LogP contribution in [0.25, 0.3) is 0 Å². The molecule has 0 radical (unpaired) electrons. The van der Waals surface area contributed by atoms with Gasteiger partial charge in [-0.3, -0.25) is 14.4 Å². The molecule has 1 aliphatic rings. The summed E-state index contributed by atoms with van der Waals surface area (Å²) in [6.07, 6.45) is 64.9. The van der Waals surface area contributed by atoms with Crippen LogP contribution < -0.4 is 0 Å². The number of carbonyl (C=O) groups excluding carboxylic acids is 3. The van der Waals surface area contributed by atoms with Gasteiger partial charge in [0.15, 0.2) is 24.6 Å². The average molecular weight is 1130 g/mol. The standard InChI is InChI=1S/C69H110O12/c1-4-7-10-13-16-19-22-25-28-30-31-33-35-37-40-43-46-49-52-55-61(70)77-58-60(79-62(71)56-53-50-47-44-41-38-34-27-24-21-18-15-12-9-6-3)59-78-69-67(65(74)64(73)66(81-69)68(75)76)80-63(72)57-54-51-48-45-42-39-36-32-29-26-23-20-17-14-11-8-5-2/h8-9,11-12,17-18,20-21,26-27,29,34,36,39,41,44-45,48,50,53,60,64-67,69,73-74H,4-7,10,13-16,19,22-25,28,30-33,35,37-38,40,42-43,46-47,49,51-52,54-59H2,1-3H3,(H,75,76)/b11-8-,12-9-,20-17-,21-18-,29-26-,34-27-,39-36-,44-41-,48-45-,53-50-. The molecule has 0 amide bonds. The molecule has 0 aromatic rings. The second-order valence-corrected chi connectivity index (χ2v) is 21.0. The first kappa shape index (κ1) is 74.1. The Kier molecular flexibility index (Phi) is 50.9. The van der Waals surface area contributed by atoms with Crippen molar-refractivity contribution in [1.29, 1.82) is 0 Å². The molecule has 12 nitrogen and oxygen atoms in total. The largest absolute Gasteiger partial charge is 0.479 e. The van der Waals surface area contributed by atoms with Crippen molar-refractivity contribution >= 4 is 23.9 Å². The topological polar surface area (TPSA) is 175 Å². The molecule has 12 heteroatoms. The molecule has 458 valence electrons. The van der Waals surface area contributed by atoms with Crippen LogP contribution in [-0.4, -0.2) is 89.2 Å². The molecule has 6 unspecified atom stereocenters. The maximum atomic E-state index is 13.1. The van der Waals surface area contributed by atoms with Crippen LogP contribution in [0.3, 0.4) is 0 Å². The van der Waals surface area contributed by atoms with E-state index in [1.54, 1.807) is 6.08 Å². The quantitative estimate of drug-likeness (QED) is 0.0228. The Morgan fingerprint density at radius 3 is 1.23 bits per heavy atom. The van der Waals surface area contributed by atoms with Crippen molar-refractivity contribution in [2.45, 2.75) is 276 Å². The number of hydrogen-bond acceptors (Lipinski definition) is 11. The molecule has 1 rings (SSSR count). The number of aliphatic carboxylic acids is 1. The Morgan fingerprint density at radius 2 is 0.815 bits per heavy atom. The van der Waals surface area contributed by atoms with E-state index >= 15 is 0 Å². The fraction of sp³-hybridized carbons (Fsp3) is 0.652. The second-order valence-electron chi connectivity index (χ2n) is 21.0. The third-order valence-electron chi connectivity index (χ3n) is 13.6. The minimum absolute atomic E-state index is 0.0335. The van der Waals surface area contributed by atoms with E-state index in [1.165, 1.54) is 96.3 Å². The minimum atomic E-state index is -1.94. The molecule has 1 saturated heterocycles. The van der Waals surface area contributed by atoms with E-state index in [0.29, 0.717) is 25.7 Å². The van der Waals surface area contributed by atoms with Crippen LogP contribution in [0.2, 0.25) is 0 Å². The van der Waals surface area contributed by atoms with Crippen LogP contribution in [0.1, 0.15) is 239 Å². The fourth-order valence-electron chi connectivity index (χ4n) is 8.83. The van der Waals surface area contributed by atoms with Crippen LogP contribution in [-0.2, 0) is 42.9 Å². The number of esters is 3. The molecule has 0 aromatic heterocycles. The van der Waals surface area contributed by atoms with Crippen molar-refractivity contribution in [3.63, 3.8) is 0 Å². The second kappa shape index (κ2) is 55.6. The molecule has 1 heterocycles. The highest BCUT2D eigenvalue weighted by Crippen LogP contribution is 2.26. The highest BCUT2D eigenvalue weighted by Gasteiger charge is 2.50. The molecule has 0 aromatic carbocycles. The molecule has 81 heavy (non-hydrogen) atoms. The van der Waals surface area contributed by atoms with E-state index < -0.39 is 67.3 Å². The van der Waals surface area contributed by atoms with Crippen molar-refractivity contribution in [2.24, 2.45) is 0 Å². The summed E-state index contributed by atoms with van der Waals surface area (Å²) in [4.78, 5) is 51.2. The first-order valence-corrected chi connectivity index (χ1v) is 31.5. The van der Waals surface area contributed by atoms with Crippen molar-refractivity contribution in [2.75, 3.05) is 13.2 Å². The minimum Gasteiger partial charge on any atom is -0.479 e. The van der Waals surface area contributed by atoms with Gasteiger partial charge in [-0.1, -0.05) is 258 Å². The first-order chi connectivity index (χ1) is 39.6. The summed E-state index contributed by atoms with van der Waals surface area (Å²) in [7, 11) is 0. The third kappa shape index (κ3) is 45.3. The number of ether oxygens (including phenoxy) is 5. The number of rotatable bonds is 52. The Hall–Kier alpha value is -4.88. The fourth-order valence-corrected chi connectivity index (χ4v) is 8.83. The van der Waals surface area contributed by atoms with Crippen LogP contribution in [0.4, 0.5) is 0 Å². The van der Waals surface area contributed by atoms with Gasteiger partial charge in [-0.25, -0.2) is 4.79 Å². The van der Waals surface area contributed by atoms with Gasteiger partial charge in [0.1, 0.15) is 18.8 Å². The maximum Gasteiger partial charge on any atom is 0.335 e. The average Bonchev–Trinajstić information content (AvgIpc) is 3.53. The van der Waals surface area contributed by atoms with Gasteiger partial charge in [0, 0.05) is 12.8 Å². The lowest BCUT2D eigenvalue weighted by molar-refractivity contribution is -0.301. The summed E-state index contributed by atoms with van der Waals surface area (Å²) in [6, 6.07) is 0. The number of carboxylic acids is 1. The molecular formula is C69H110O12. The molecule has 0 spiro atoms. The number of aliphatic hydroxyl groups is 2. The number of carbonyl (C=O) groups is 4. The summed E-state index contributed by atoms with van der Waals surface area (Å²) in [6.45, 7) is 5.67. The zero-order valence-corrected chi connectivity index (χ0v) is 50.5. The molecule has 1 fully saturated rings. The van der Waals surface area contributed by atoms with Gasteiger partial charge in [0.05, 0.1) is 13.0 Å². The van der Waals surface area contributed by atoms with Crippen molar-refractivity contribution in [3.05, 3.63) is 122 Å². The van der Waals surface area contributed by atoms with Gasteiger partial charge in [-0.05, 0) is 83.5 Å². The van der Waals surface area contributed by atoms with Crippen molar-refractivity contribution < 1.29 is 58.2 Å². The Labute approximate surface area is 490 Å². The van der Waals surface area contributed by atoms with E-state index in [2.05, 4.69) is 106 Å². The number of unbranched alkanes of at least 4 members (excludes halogenated alkanes) is 19. The van der Waals surface area contributed by atoms with E-state index in [9.17, 15) is 34.5 Å². The molecule has 0 bridgehead atoms. The van der Waals surface area contributed by atoms with E-state index in [1.807, 2.05) is 30.4 Å². The third-order valence-corrected chi connectivity index (χ3v) is 13.6. The Morgan fingerprint density at radius 1 is 0.432 bits per heavy atom. The maximum absolute atomic E-state index is 13.1. The zero-order valence-electron chi connectivity index (χ0n) is 50.5. The van der Waals surface area contributed by atoms with E-state index in [4.69, 9.17) is 23.7 Å². The molecule has 1 aliphatic heterocycles. The summed E-state index contributed by atoms with van der Waals surface area (Å²) in [5.41, 5.74) is 0. The number of allylic oxidation sites excluding steroid dienone is 19. The SMILES string of the molecule is CC/C=C\C/C=C\C/C=C\C/C=C\C/C=C\CCCC(=O)OC1C(OCC(COC(=O)CCCCCCCCCCCCCCCCCCCCC)OC(=O)C/C=C\C/C=C\C/C=C\C/C=C\C/C=C\CC)OC(C(=O)O)C(O)C1O. The van der Waals surface area contributed by atoms with Gasteiger partial charge in [-0.2, -0.15) is 0 Å². The van der Waals surface area contributed by atoms with Crippen LogP contribution in [0.15, 0.2) is 122 Å². The monoisotopic (exact) mass is 1130 g/mol. The van der Waals surface area contributed by atoms with Crippen molar-refractivity contribution in [1.82, 2.24) is 0 Å². The van der Waals surface area contributed by atoms with Gasteiger partial charge >= 0.3 is 23.9 Å². The molecule has 0 aliphatic carbocycles. The van der Waals surface area contributed by atoms with Gasteiger partial charge in [0.2, 0.25) is 0 Å². The summed E-state index contributed by atoms with van der Waals surface area (Å²) >= 11 is 0. The van der Waals surface area contributed by atoms with Gasteiger partial charge in [-0.15, -0.1) is 0 Å². The lowest BCUT2D eigenvalue weighted by Gasteiger charge is -2.40. The highest BCUT2D eigenvalue weighted by molar-refractivity contribution is 5.74. The predicted octanol–water partition coefficient (Wildman–Crippen LogP) is 16.8. The zero-order chi connectivity index (χ0) is 58.9. The summed E-state index contributed by atoms with van der Waals surface area (Å²) in [5, 5.41) is 31.5. The number of aliphatic hydroxyl groups excluding tert-OH is 2. The number of hydrogen-bond donors (Lipinski definition) is 3. The molecule has 3 N–H and O–H groups in total. The lowest BCUT2D eigenvalue weighted by Crippen LogP contribution is -2.61. The first-order valence-electron chi connectivity index (χ1n) is 31.5.